The molecule has 0 aliphatic carbocycles. The minimum atomic E-state index is -0.354. The molecule has 0 unspecified atom stereocenters. The molecule has 1 heterocycles. The number of alkyl halides is 1. The highest BCUT2D eigenvalue weighted by atomic mass is 19.1. The van der Waals surface area contributed by atoms with Crippen LogP contribution >= 0.6 is 0 Å². The van der Waals surface area contributed by atoms with Crippen molar-refractivity contribution in [1.29, 1.82) is 0 Å². The van der Waals surface area contributed by atoms with E-state index in [4.69, 9.17) is 0 Å². The quantitative estimate of drug-likeness (QED) is 0.360. The zero-order valence-corrected chi connectivity index (χ0v) is 21.3. The Morgan fingerprint density at radius 3 is 2.49 bits per heavy atom. The van der Waals surface area contributed by atoms with E-state index in [0.29, 0.717) is 13.6 Å². The third-order valence-corrected chi connectivity index (χ3v) is 6.14. The van der Waals surface area contributed by atoms with E-state index in [2.05, 4.69) is 65.7 Å². The second kappa shape index (κ2) is 14.9. The molecule has 0 atom stereocenters. The van der Waals surface area contributed by atoms with Crippen LogP contribution in [-0.2, 0) is 11.3 Å². The summed E-state index contributed by atoms with van der Waals surface area (Å²) < 4.78 is 9.50. The van der Waals surface area contributed by atoms with Crippen LogP contribution in [0, 0.1) is 6.92 Å². The first-order chi connectivity index (χ1) is 17.1. The monoisotopic (exact) mass is 479 g/mol. The van der Waals surface area contributed by atoms with Crippen LogP contribution in [0.25, 0.3) is 11.1 Å². The number of hydrogen-bond donors (Lipinski definition) is 1. The normalized spacial score (nSPS) is 14.8. The van der Waals surface area contributed by atoms with E-state index in [1.807, 2.05) is 32.1 Å². The van der Waals surface area contributed by atoms with Crippen molar-refractivity contribution in [3.8, 4) is 11.1 Å². The molecular weight excluding hydrogens is 441 g/mol. The highest BCUT2D eigenvalue weighted by Gasteiger charge is 2.29. The van der Waals surface area contributed by atoms with Crippen molar-refractivity contribution in [1.82, 2.24) is 15.1 Å². The number of rotatable bonds is 8. The Morgan fingerprint density at radius 2 is 1.86 bits per heavy atom. The van der Waals surface area contributed by atoms with Crippen molar-refractivity contribution < 1.29 is 14.0 Å². The van der Waals surface area contributed by atoms with Gasteiger partial charge in [-0.1, -0.05) is 61.5 Å². The second-order valence-corrected chi connectivity index (χ2v) is 8.50. The number of halogens is 1. The molecule has 0 bridgehead atoms. The fourth-order valence-corrected chi connectivity index (χ4v) is 4.57. The highest BCUT2D eigenvalue weighted by molar-refractivity contribution is 5.86. The van der Waals surface area contributed by atoms with Gasteiger partial charge in [-0.2, -0.15) is 0 Å². The summed E-state index contributed by atoms with van der Waals surface area (Å²) in [5, 5.41) is 2.34. The Morgan fingerprint density at radius 1 is 1.14 bits per heavy atom. The summed E-state index contributed by atoms with van der Waals surface area (Å²) in [7, 11) is 0.500. The molecule has 0 aromatic heterocycles. The molecular formula is C29H38FN3O2. The van der Waals surface area contributed by atoms with Crippen molar-refractivity contribution in [2.24, 2.45) is 0 Å². The topological polar surface area (TPSA) is 52.7 Å². The number of aryl methyl sites for hydroxylation is 1. The second-order valence-electron chi connectivity index (χ2n) is 8.50. The average molecular weight is 480 g/mol. The van der Waals surface area contributed by atoms with Gasteiger partial charge >= 0.3 is 6.03 Å². The Balaban J connectivity index is 0.00000210. The zero-order chi connectivity index (χ0) is 25.6. The van der Waals surface area contributed by atoms with Crippen molar-refractivity contribution >= 4 is 12.4 Å². The number of nitrogens with zero attached hydrogens (tertiary/aromatic N) is 2. The molecule has 1 fully saturated rings. The van der Waals surface area contributed by atoms with Gasteiger partial charge < -0.3 is 0 Å². The van der Waals surface area contributed by atoms with Gasteiger partial charge in [0.15, 0.2) is 0 Å². The Labute approximate surface area is 209 Å². The first-order valence-corrected chi connectivity index (χ1v) is 12.2. The number of allylic oxidation sites excluding steroid dienone is 3. The van der Waals surface area contributed by atoms with Crippen LogP contribution in [0.15, 0.2) is 72.5 Å². The van der Waals surface area contributed by atoms with Gasteiger partial charge in [0.05, 0.1) is 7.18 Å². The highest BCUT2D eigenvalue weighted by Crippen LogP contribution is 2.26. The van der Waals surface area contributed by atoms with Gasteiger partial charge in [-0.15, -0.1) is 0 Å². The van der Waals surface area contributed by atoms with Gasteiger partial charge in [0.1, 0.15) is 0 Å². The van der Waals surface area contributed by atoms with E-state index >= 15 is 0 Å². The number of imide groups is 1. The maximum atomic E-state index is 12.7. The summed E-state index contributed by atoms with van der Waals surface area (Å²) in [6.45, 7) is 8.83. The molecule has 0 spiro atoms. The Bertz CT molecular complexity index is 1010. The fourth-order valence-electron chi connectivity index (χ4n) is 4.57. The van der Waals surface area contributed by atoms with Crippen molar-refractivity contribution in [2.45, 2.75) is 52.6 Å². The maximum absolute atomic E-state index is 12.7. The van der Waals surface area contributed by atoms with Crippen LogP contribution in [0.3, 0.4) is 0 Å². The van der Waals surface area contributed by atoms with Gasteiger partial charge in [-0.05, 0) is 67.5 Å². The molecule has 188 valence electrons. The van der Waals surface area contributed by atoms with E-state index in [-0.39, 0.29) is 12.1 Å². The maximum Gasteiger partial charge on any atom is 0.328 e. The van der Waals surface area contributed by atoms with Crippen molar-refractivity contribution in [3.05, 3.63) is 83.6 Å². The molecule has 2 aromatic rings. The van der Waals surface area contributed by atoms with Gasteiger partial charge in [0.2, 0.25) is 6.41 Å². The third-order valence-electron chi connectivity index (χ3n) is 6.14. The zero-order valence-electron chi connectivity index (χ0n) is 21.3. The van der Waals surface area contributed by atoms with E-state index < -0.39 is 0 Å². The molecule has 3 rings (SSSR count). The summed E-state index contributed by atoms with van der Waals surface area (Å²) >= 11 is 0. The number of likely N-dealkylation sites (tertiary alicyclic amines) is 1. The van der Waals surface area contributed by atoms with E-state index in [0.717, 1.165) is 44.6 Å². The largest absolute Gasteiger partial charge is 0.328 e. The SMILES string of the molecule is C/C=C\C(=C/CC)N(C(=O)NC=O)C1CCN(Cc2cccc(-c3ccccc3C)c2)CC1.CF. The van der Waals surface area contributed by atoms with E-state index in [1.54, 1.807) is 4.90 Å². The lowest BCUT2D eigenvalue weighted by Gasteiger charge is -2.38. The standard InChI is InChI=1S/C28H35N3O2.CH3F/c1-4-9-25(10-5-2)31(28(33)29-21-32)26-15-17-30(18-16-26)20-23-12-8-13-24(19-23)27-14-7-6-11-22(27)3;1-2/h4,6-14,19,21,26H,5,15-18,20H2,1-3H3,(H,29,32,33);1H3/b9-4-,25-10+;. The van der Waals surface area contributed by atoms with Gasteiger partial charge in [0.25, 0.3) is 0 Å². The predicted octanol–water partition coefficient (Wildman–Crippen LogP) is 6.25. The predicted molar refractivity (Wildman–Crippen MR) is 142 cm³/mol. The number of urea groups is 1. The van der Waals surface area contributed by atoms with Crippen LogP contribution < -0.4 is 5.32 Å². The molecule has 1 aliphatic heterocycles. The fraction of sp³-hybridized carbons (Fsp3) is 0.379. The minimum absolute atomic E-state index is 0.0634. The summed E-state index contributed by atoms with van der Waals surface area (Å²) in [6.07, 6.45) is 8.92. The number of carbonyl (C=O) groups excluding carboxylic acids is 2. The first kappa shape index (κ1) is 28.0. The molecule has 0 saturated carbocycles. The molecule has 1 aliphatic rings. The van der Waals surface area contributed by atoms with E-state index in [1.165, 1.54) is 22.3 Å². The smallest absolute Gasteiger partial charge is 0.299 e. The van der Waals surface area contributed by atoms with Crippen LogP contribution in [0.5, 0.6) is 0 Å². The number of nitrogens with one attached hydrogen (secondary N) is 1. The molecule has 0 radical (unpaired) electrons. The van der Waals surface area contributed by atoms with Crippen LogP contribution in [-0.4, -0.2) is 48.5 Å². The molecule has 5 nitrogen and oxygen atoms in total. The van der Waals surface area contributed by atoms with Gasteiger partial charge in [0, 0.05) is 31.4 Å². The Hall–Kier alpha value is -3.25. The average Bonchev–Trinajstić information content (AvgIpc) is 2.87. The van der Waals surface area contributed by atoms with Gasteiger partial charge in [-0.3, -0.25) is 24.3 Å². The lowest BCUT2D eigenvalue weighted by molar-refractivity contribution is -0.108. The first-order valence-electron chi connectivity index (χ1n) is 12.2. The number of hydrogen-bond acceptors (Lipinski definition) is 3. The molecule has 2 aromatic carbocycles. The van der Waals surface area contributed by atoms with Crippen LogP contribution in [0.4, 0.5) is 9.18 Å². The Kier molecular flexibility index (Phi) is 11.9. The van der Waals surface area contributed by atoms with Crippen LogP contribution in [0.1, 0.15) is 44.2 Å². The lowest BCUT2D eigenvalue weighted by atomic mass is 9.98. The van der Waals surface area contributed by atoms with Gasteiger partial charge in [-0.25, -0.2) is 4.79 Å². The summed E-state index contributed by atoms with van der Waals surface area (Å²) in [6, 6.07) is 17.0. The summed E-state index contributed by atoms with van der Waals surface area (Å²) in [5.74, 6) is 0. The van der Waals surface area contributed by atoms with Crippen molar-refractivity contribution in [2.75, 3.05) is 20.3 Å². The van der Waals surface area contributed by atoms with Crippen molar-refractivity contribution in [3.63, 3.8) is 0 Å². The summed E-state index contributed by atoms with van der Waals surface area (Å²) in [5.41, 5.74) is 5.95. The molecule has 1 saturated heterocycles. The minimum Gasteiger partial charge on any atom is -0.299 e. The lowest BCUT2D eigenvalue weighted by Crippen LogP contribution is -2.49. The van der Waals surface area contributed by atoms with Crippen LogP contribution in [0.2, 0.25) is 0 Å². The third kappa shape index (κ3) is 7.89. The molecule has 3 amide bonds. The molecule has 1 N–H and O–H groups in total. The number of piperidine rings is 1. The number of carbonyl (C=O) groups is 2. The molecule has 35 heavy (non-hydrogen) atoms. The van der Waals surface area contributed by atoms with E-state index in [9.17, 15) is 14.0 Å². The number of benzene rings is 2. The molecule has 6 heteroatoms. The number of amides is 3. The summed E-state index contributed by atoms with van der Waals surface area (Å²) in [4.78, 5) is 27.8.